The molecule has 1 aromatic carbocycles. The first-order valence-electron chi connectivity index (χ1n) is 6.68. The highest BCUT2D eigenvalue weighted by Crippen LogP contribution is 2.20. The molecule has 5 heteroatoms. The van der Waals surface area contributed by atoms with E-state index < -0.39 is 5.82 Å². The topological polar surface area (TPSA) is 32.3 Å². The van der Waals surface area contributed by atoms with Crippen molar-refractivity contribution in [3.05, 3.63) is 28.5 Å². The summed E-state index contributed by atoms with van der Waals surface area (Å²) in [4.78, 5) is 13.9. The number of hydrogen-bond acceptors (Lipinski definition) is 1. The summed E-state index contributed by atoms with van der Waals surface area (Å²) in [5.74, 6) is -0.422. The maximum atomic E-state index is 13.7. The van der Waals surface area contributed by atoms with Gasteiger partial charge in [0, 0.05) is 17.6 Å². The summed E-state index contributed by atoms with van der Waals surface area (Å²) in [7, 11) is 0. The molecule has 0 unspecified atom stereocenters. The first kappa shape index (κ1) is 14.3. The minimum Gasteiger partial charge on any atom is -0.325 e. The van der Waals surface area contributed by atoms with Gasteiger partial charge in [0.25, 0.3) is 0 Å². The molecule has 3 nitrogen and oxygen atoms in total. The number of amides is 2. The highest BCUT2D eigenvalue weighted by Gasteiger charge is 2.16. The summed E-state index contributed by atoms with van der Waals surface area (Å²) in [5.41, 5.74) is 0.232. The van der Waals surface area contributed by atoms with Gasteiger partial charge in [-0.3, -0.25) is 0 Å². The van der Waals surface area contributed by atoms with Crippen LogP contribution in [0.25, 0.3) is 0 Å². The summed E-state index contributed by atoms with van der Waals surface area (Å²) >= 11 is 3.19. The lowest BCUT2D eigenvalue weighted by Crippen LogP contribution is -2.37. The van der Waals surface area contributed by atoms with Gasteiger partial charge in [-0.15, -0.1) is 0 Å². The van der Waals surface area contributed by atoms with E-state index in [0.717, 1.165) is 38.8 Å². The Morgan fingerprint density at radius 1 is 1.16 bits per heavy atom. The van der Waals surface area contributed by atoms with Crippen molar-refractivity contribution in [3.63, 3.8) is 0 Å². The van der Waals surface area contributed by atoms with Crippen molar-refractivity contribution in [1.29, 1.82) is 0 Å². The first-order valence-corrected chi connectivity index (χ1v) is 7.47. The Bertz CT molecular complexity index is 445. The summed E-state index contributed by atoms with van der Waals surface area (Å²) in [6.45, 7) is 1.51. The molecule has 0 radical (unpaired) electrons. The van der Waals surface area contributed by atoms with Crippen molar-refractivity contribution < 1.29 is 9.18 Å². The fourth-order valence-electron chi connectivity index (χ4n) is 2.24. The Labute approximate surface area is 121 Å². The normalized spacial score (nSPS) is 16.6. The van der Waals surface area contributed by atoms with Gasteiger partial charge in [-0.05, 0) is 31.0 Å². The molecule has 0 saturated carbocycles. The lowest BCUT2D eigenvalue weighted by Gasteiger charge is -2.25. The third-order valence-electron chi connectivity index (χ3n) is 3.32. The fraction of sp³-hybridized carbons (Fsp3) is 0.500. The molecule has 1 saturated heterocycles. The predicted octanol–water partition coefficient (Wildman–Crippen LogP) is 4.39. The maximum Gasteiger partial charge on any atom is 0.321 e. The van der Waals surface area contributed by atoms with Crippen LogP contribution in [0.5, 0.6) is 0 Å². The lowest BCUT2D eigenvalue weighted by atomic mass is 10.1. The van der Waals surface area contributed by atoms with E-state index in [4.69, 9.17) is 0 Å². The summed E-state index contributed by atoms with van der Waals surface area (Å²) in [6, 6.07) is 4.43. The van der Waals surface area contributed by atoms with Gasteiger partial charge >= 0.3 is 6.03 Å². The van der Waals surface area contributed by atoms with Crippen LogP contribution in [0.15, 0.2) is 22.7 Å². The van der Waals surface area contributed by atoms with Gasteiger partial charge in [0.1, 0.15) is 5.82 Å². The predicted molar refractivity (Wildman–Crippen MR) is 77.8 cm³/mol. The van der Waals surface area contributed by atoms with Crippen molar-refractivity contribution in [1.82, 2.24) is 4.90 Å². The minimum atomic E-state index is -0.422. The van der Waals surface area contributed by atoms with Crippen LogP contribution in [-0.4, -0.2) is 24.0 Å². The van der Waals surface area contributed by atoms with Crippen LogP contribution < -0.4 is 5.32 Å². The highest BCUT2D eigenvalue weighted by atomic mass is 79.9. The number of likely N-dealkylation sites (tertiary alicyclic amines) is 1. The van der Waals surface area contributed by atoms with Crippen molar-refractivity contribution in [3.8, 4) is 0 Å². The zero-order chi connectivity index (χ0) is 13.7. The summed E-state index contributed by atoms with van der Waals surface area (Å²) in [5, 5.41) is 2.65. The van der Waals surface area contributed by atoms with Gasteiger partial charge in [0.05, 0.1) is 5.69 Å². The van der Waals surface area contributed by atoms with Crippen molar-refractivity contribution >= 4 is 27.6 Å². The molecule has 1 aliphatic rings. The average Bonchev–Trinajstić information content (AvgIpc) is 2.32. The van der Waals surface area contributed by atoms with E-state index in [1.807, 2.05) is 0 Å². The second-order valence-electron chi connectivity index (χ2n) is 4.81. The van der Waals surface area contributed by atoms with Crippen LogP contribution in [0.1, 0.15) is 32.1 Å². The molecule has 104 valence electrons. The molecule has 1 fully saturated rings. The molecule has 1 N–H and O–H groups in total. The van der Waals surface area contributed by atoms with Crippen LogP contribution in [0.4, 0.5) is 14.9 Å². The standard InChI is InChI=1S/C14H18BrFN2O/c15-11-6-7-13(12(16)10-11)17-14(19)18-8-4-2-1-3-5-9-18/h6-7,10H,1-5,8-9H2,(H,17,19). The quantitative estimate of drug-likeness (QED) is 0.814. The van der Waals surface area contributed by atoms with E-state index in [-0.39, 0.29) is 11.7 Å². The zero-order valence-electron chi connectivity index (χ0n) is 10.8. The van der Waals surface area contributed by atoms with Gasteiger partial charge in [-0.2, -0.15) is 0 Å². The lowest BCUT2D eigenvalue weighted by molar-refractivity contribution is 0.206. The molecule has 0 aromatic heterocycles. The Morgan fingerprint density at radius 3 is 2.42 bits per heavy atom. The molecule has 0 spiro atoms. The van der Waals surface area contributed by atoms with Gasteiger partial charge in [-0.25, -0.2) is 9.18 Å². The molecule has 19 heavy (non-hydrogen) atoms. The number of carbonyl (C=O) groups excluding carboxylic acids is 1. The smallest absolute Gasteiger partial charge is 0.321 e. The van der Waals surface area contributed by atoms with Crippen molar-refractivity contribution in [2.45, 2.75) is 32.1 Å². The van der Waals surface area contributed by atoms with E-state index in [1.54, 1.807) is 17.0 Å². The highest BCUT2D eigenvalue weighted by molar-refractivity contribution is 9.10. The number of halogens is 2. The van der Waals surface area contributed by atoms with E-state index >= 15 is 0 Å². The largest absolute Gasteiger partial charge is 0.325 e. The van der Waals surface area contributed by atoms with Gasteiger partial charge in [-0.1, -0.05) is 35.2 Å². The van der Waals surface area contributed by atoms with E-state index in [9.17, 15) is 9.18 Å². The number of benzene rings is 1. The second kappa shape index (κ2) is 6.89. The average molecular weight is 329 g/mol. The van der Waals surface area contributed by atoms with Gasteiger partial charge in [0.2, 0.25) is 0 Å². The number of carbonyl (C=O) groups is 1. The van der Waals surface area contributed by atoms with Crippen LogP contribution in [0, 0.1) is 5.82 Å². The van der Waals surface area contributed by atoms with E-state index in [2.05, 4.69) is 21.2 Å². The molecule has 1 aromatic rings. The van der Waals surface area contributed by atoms with Crippen LogP contribution in [0.2, 0.25) is 0 Å². The molecule has 2 amide bonds. The first-order chi connectivity index (χ1) is 9.16. The summed E-state index contributed by atoms with van der Waals surface area (Å²) in [6.07, 6.45) is 5.62. The minimum absolute atomic E-state index is 0.205. The molecule has 0 atom stereocenters. The number of anilines is 1. The molecule has 1 heterocycles. The molecule has 1 aliphatic heterocycles. The van der Waals surface area contributed by atoms with Gasteiger partial charge < -0.3 is 10.2 Å². The molecular formula is C14H18BrFN2O. The molecule has 0 aliphatic carbocycles. The Balaban J connectivity index is 1.98. The maximum absolute atomic E-state index is 13.7. The zero-order valence-corrected chi connectivity index (χ0v) is 12.4. The Morgan fingerprint density at radius 2 is 1.79 bits per heavy atom. The van der Waals surface area contributed by atoms with Gasteiger partial charge in [0.15, 0.2) is 0 Å². The molecular weight excluding hydrogens is 311 g/mol. The number of hydrogen-bond donors (Lipinski definition) is 1. The fourth-order valence-corrected chi connectivity index (χ4v) is 2.57. The van der Waals surface area contributed by atoms with Crippen LogP contribution in [-0.2, 0) is 0 Å². The van der Waals surface area contributed by atoms with Crippen LogP contribution >= 0.6 is 15.9 Å². The third kappa shape index (κ3) is 4.20. The molecule has 2 rings (SSSR count). The van der Waals surface area contributed by atoms with Crippen molar-refractivity contribution in [2.24, 2.45) is 0 Å². The number of urea groups is 1. The second-order valence-corrected chi connectivity index (χ2v) is 5.72. The van der Waals surface area contributed by atoms with E-state index in [0.29, 0.717) is 4.47 Å². The monoisotopic (exact) mass is 328 g/mol. The number of nitrogens with one attached hydrogen (secondary N) is 1. The number of nitrogens with zero attached hydrogens (tertiary/aromatic N) is 1. The van der Waals surface area contributed by atoms with Crippen molar-refractivity contribution in [2.75, 3.05) is 18.4 Å². The Hall–Kier alpha value is -1.10. The SMILES string of the molecule is O=C(Nc1ccc(Br)cc1F)N1CCCCCCC1. The van der Waals surface area contributed by atoms with E-state index in [1.165, 1.54) is 12.5 Å². The summed E-state index contributed by atoms with van der Waals surface area (Å²) < 4.78 is 14.3. The number of rotatable bonds is 1. The molecule has 0 bridgehead atoms. The van der Waals surface area contributed by atoms with Crippen LogP contribution in [0.3, 0.4) is 0 Å². The third-order valence-corrected chi connectivity index (χ3v) is 3.81. The Kier molecular flexibility index (Phi) is 5.19.